The number of rotatable bonds is 4. The Morgan fingerprint density at radius 3 is 1.61 bits per heavy atom. The topological polar surface area (TPSA) is 101 Å². The molecule has 2 aromatic heterocycles. The Bertz CT molecular complexity index is 1100. The molecule has 0 spiro atoms. The van der Waals surface area contributed by atoms with E-state index in [1.54, 1.807) is 30.3 Å². The van der Waals surface area contributed by atoms with E-state index in [-0.39, 0.29) is 28.6 Å². The third-order valence-corrected chi connectivity index (χ3v) is 4.51. The van der Waals surface area contributed by atoms with Crippen molar-refractivity contribution in [1.29, 1.82) is 0 Å². The number of hydrogen-bond donors (Lipinski definition) is 2. The molecule has 0 atom stereocenters. The monoisotopic (exact) mass is 479 g/mol. The number of carboxylic acids is 2. The summed E-state index contributed by atoms with van der Waals surface area (Å²) in [6.07, 6.45) is 0. The molecule has 0 fully saturated rings. The normalized spacial score (nSPS) is 9.87. The Balaban J connectivity index is 0.000000213. The van der Waals surface area contributed by atoms with Gasteiger partial charge in [0.15, 0.2) is 0 Å². The van der Waals surface area contributed by atoms with E-state index in [1.807, 2.05) is 37.3 Å². The summed E-state index contributed by atoms with van der Waals surface area (Å²) in [5, 5.41) is 17.9. The third kappa shape index (κ3) is 5.89. The van der Waals surface area contributed by atoms with E-state index in [0.29, 0.717) is 22.1 Å². The van der Waals surface area contributed by atoms with Crippen molar-refractivity contribution in [2.75, 3.05) is 0 Å². The average molecular weight is 480 g/mol. The van der Waals surface area contributed by atoms with Crippen molar-refractivity contribution in [1.82, 2.24) is 0 Å². The maximum atomic E-state index is 10.6. The maximum absolute atomic E-state index is 10.6. The van der Waals surface area contributed by atoms with E-state index < -0.39 is 11.9 Å². The number of aryl methyl sites for hydroxylation is 1. The number of aromatic carboxylic acids is 2. The van der Waals surface area contributed by atoms with Crippen molar-refractivity contribution in [2.45, 2.75) is 6.92 Å². The van der Waals surface area contributed by atoms with Gasteiger partial charge in [-0.15, -0.1) is 0 Å². The third-order valence-electron chi connectivity index (χ3n) is 4.18. The quantitative estimate of drug-likeness (QED) is 0.336. The van der Waals surface area contributed by atoms with Crippen molar-refractivity contribution in [3.8, 4) is 22.6 Å². The van der Waals surface area contributed by atoms with Crippen LogP contribution < -0.4 is 0 Å². The van der Waals surface area contributed by atoms with Crippen LogP contribution >= 0.6 is 11.6 Å². The summed E-state index contributed by atoms with van der Waals surface area (Å²) in [5.41, 5.74) is 2.67. The molecule has 2 heterocycles. The molecule has 0 unspecified atom stereocenters. The molecule has 0 aliphatic carbocycles. The van der Waals surface area contributed by atoms with Gasteiger partial charge in [0.2, 0.25) is 11.5 Å². The number of hydrogen-bond acceptors (Lipinski definition) is 4. The van der Waals surface area contributed by atoms with Crippen LogP contribution in [0.1, 0.15) is 26.7 Å². The van der Waals surface area contributed by atoms with Gasteiger partial charge < -0.3 is 19.0 Å². The Labute approximate surface area is 193 Å². The fourth-order valence-electron chi connectivity index (χ4n) is 2.71. The summed E-state index contributed by atoms with van der Waals surface area (Å²) in [4.78, 5) is 21.2. The van der Waals surface area contributed by atoms with Gasteiger partial charge in [0.25, 0.3) is 0 Å². The van der Waals surface area contributed by atoms with Gasteiger partial charge in [0.05, 0.1) is 5.02 Å². The molecule has 0 saturated heterocycles. The molecule has 0 aliphatic rings. The Morgan fingerprint density at radius 2 is 1.16 bits per heavy atom. The van der Waals surface area contributed by atoms with Crippen LogP contribution in [0.4, 0.5) is 0 Å². The van der Waals surface area contributed by atoms with Crippen LogP contribution in [0.25, 0.3) is 22.6 Å². The fourth-order valence-corrected chi connectivity index (χ4v) is 2.93. The minimum absolute atomic E-state index is 0. The van der Waals surface area contributed by atoms with Crippen LogP contribution in [0.2, 0.25) is 5.02 Å². The Morgan fingerprint density at radius 1 is 0.710 bits per heavy atom. The van der Waals surface area contributed by atoms with E-state index in [9.17, 15) is 9.59 Å². The Hall–Kier alpha value is -3.25. The summed E-state index contributed by atoms with van der Waals surface area (Å²) < 4.78 is 10.3. The van der Waals surface area contributed by atoms with Gasteiger partial charge in [-0.3, -0.25) is 0 Å². The van der Waals surface area contributed by atoms with E-state index in [4.69, 9.17) is 30.6 Å². The molecule has 2 N–H and O–H groups in total. The minimum Gasteiger partial charge on any atom is -0.475 e. The fraction of sp³-hybridized carbons (Fsp3) is 0.0435. The predicted octanol–water partition coefficient (Wildman–Crippen LogP) is 6.25. The first-order valence-corrected chi connectivity index (χ1v) is 9.21. The first kappa shape index (κ1) is 24.0. The van der Waals surface area contributed by atoms with Gasteiger partial charge in [-0.05, 0) is 48.9 Å². The van der Waals surface area contributed by atoms with Crippen LogP contribution in [-0.4, -0.2) is 22.2 Å². The molecule has 4 aromatic rings. The molecular weight excluding hydrogens is 463 g/mol. The number of halogens is 1. The van der Waals surface area contributed by atoms with E-state index in [1.165, 1.54) is 12.1 Å². The molecule has 6 nitrogen and oxygen atoms in total. The van der Waals surface area contributed by atoms with Crippen molar-refractivity contribution >= 4 is 23.5 Å². The van der Waals surface area contributed by atoms with E-state index in [0.717, 1.165) is 11.1 Å². The number of carbonyl (C=O) groups is 2. The smallest absolute Gasteiger partial charge is 0.371 e. The summed E-state index contributed by atoms with van der Waals surface area (Å²) in [7, 11) is 0. The zero-order valence-corrected chi connectivity index (χ0v) is 18.1. The maximum Gasteiger partial charge on any atom is 0.371 e. The molecule has 31 heavy (non-hydrogen) atoms. The number of benzene rings is 2. The van der Waals surface area contributed by atoms with Crippen molar-refractivity contribution in [3.63, 3.8) is 0 Å². The van der Waals surface area contributed by atoms with Crippen LogP contribution in [0.15, 0.2) is 81.6 Å². The van der Waals surface area contributed by atoms with Gasteiger partial charge in [-0.2, -0.15) is 0 Å². The van der Waals surface area contributed by atoms with Gasteiger partial charge in [0.1, 0.15) is 11.5 Å². The molecule has 2 aromatic carbocycles. The van der Waals surface area contributed by atoms with Crippen molar-refractivity contribution in [3.05, 3.63) is 94.9 Å². The summed E-state index contributed by atoms with van der Waals surface area (Å²) in [6, 6.07) is 20.9. The van der Waals surface area contributed by atoms with Gasteiger partial charge in [-0.25, -0.2) is 9.59 Å². The predicted molar refractivity (Wildman–Crippen MR) is 112 cm³/mol. The second-order valence-corrected chi connectivity index (χ2v) is 6.64. The minimum atomic E-state index is -1.09. The molecule has 8 heteroatoms. The van der Waals surface area contributed by atoms with Gasteiger partial charge >= 0.3 is 11.9 Å². The number of carboxylic acid groups (broad SMARTS) is 2. The Kier molecular flexibility index (Phi) is 8.28. The van der Waals surface area contributed by atoms with E-state index in [2.05, 4.69) is 0 Å². The van der Waals surface area contributed by atoms with E-state index >= 15 is 0 Å². The zero-order valence-electron chi connectivity index (χ0n) is 16.2. The molecule has 0 saturated carbocycles. The van der Waals surface area contributed by atoms with Crippen molar-refractivity contribution in [2.24, 2.45) is 0 Å². The molecular formula is C23H17ClMnO6. The first-order chi connectivity index (χ1) is 14.4. The summed E-state index contributed by atoms with van der Waals surface area (Å²) >= 11 is 5.94. The SMILES string of the molecule is Cc1ccccc1-c1ccc(C(=O)O)o1.O=C(O)c1ccc(-c2ccccc2Cl)o1.[Mn]. The van der Waals surface area contributed by atoms with Gasteiger partial charge in [0, 0.05) is 28.2 Å². The first-order valence-electron chi connectivity index (χ1n) is 8.84. The molecule has 159 valence electrons. The second kappa shape index (κ2) is 10.7. The number of furan rings is 2. The van der Waals surface area contributed by atoms with Crippen LogP contribution in [-0.2, 0) is 17.1 Å². The molecule has 0 amide bonds. The van der Waals surface area contributed by atoms with Crippen molar-refractivity contribution < 1.29 is 45.7 Å². The second-order valence-electron chi connectivity index (χ2n) is 6.23. The summed E-state index contributed by atoms with van der Waals surface area (Å²) in [6.45, 7) is 1.96. The van der Waals surface area contributed by atoms with Crippen LogP contribution in [0, 0.1) is 6.92 Å². The standard InChI is InChI=1S/C12H10O3.C11H7ClO3.Mn/c1-8-4-2-3-5-9(8)10-6-7-11(15-10)12(13)14;12-8-4-2-1-3-7(8)9-5-6-10(15-9)11(13)14;/h2-7H,1H3,(H,13,14);1-6H,(H,13,14);. The summed E-state index contributed by atoms with van der Waals surface area (Å²) in [5.74, 6) is -1.22. The van der Waals surface area contributed by atoms with Crippen LogP contribution in [0.3, 0.4) is 0 Å². The molecule has 0 bridgehead atoms. The molecule has 1 radical (unpaired) electrons. The molecule has 0 aliphatic heterocycles. The molecule has 4 rings (SSSR count). The zero-order chi connectivity index (χ0) is 21.7. The average Bonchev–Trinajstić information content (AvgIpc) is 3.39. The van der Waals surface area contributed by atoms with Crippen LogP contribution in [0.5, 0.6) is 0 Å². The largest absolute Gasteiger partial charge is 0.475 e. The van der Waals surface area contributed by atoms with Gasteiger partial charge in [-0.1, -0.05) is 48.0 Å².